The second-order valence-corrected chi connectivity index (χ2v) is 9.18. The van der Waals surface area contributed by atoms with Gasteiger partial charge in [-0.15, -0.1) is 0 Å². The maximum atomic E-state index is 14.1. The fourth-order valence-corrected chi connectivity index (χ4v) is 4.70. The van der Waals surface area contributed by atoms with Gasteiger partial charge in [0.25, 0.3) is 11.8 Å². The van der Waals surface area contributed by atoms with Gasteiger partial charge in [-0.2, -0.15) is 18.4 Å². The van der Waals surface area contributed by atoms with E-state index < -0.39 is 46.8 Å². The molecule has 0 saturated carbocycles. The van der Waals surface area contributed by atoms with Crippen LogP contribution in [-0.4, -0.2) is 16.8 Å². The number of aromatic nitrogens is 1. The van der Waals surface area contributed by atoms with Gasteiger partial charge in [0.1, 0.15) is 17.7 Å². The van der Waals surface area contributed by atoms with Crippen molar-refractivity contribution in [1.29, 1.82) is 5.26 Å². The molecule has 4 aromatic rings. The second-order valence-electron chi connectivity index (χ2n) is 8.77. The molecule has 2 N–H and O–H groups in total. The van der Waals surface area contributed by atoms with E-state index in [9.17, 15) is 36.8 Å². The zero-order valence-electron chi connectivity index (χ0n) is 19.9. The first-order valence-electron chi connectivity index (χ1n) is 11.4. The number of hydrogen-bond donors (Lipinski definition) is 2. The number of fused-ring (bicyclic) bond motifs is 1. The van der Waals surface area contributed by atoms with Gasteiger partial charge in [-0.1, -0.05) is 11.6 Å². The third-order valence-electron chi connectivity index (χ3n) is 6.25. The zero-order chi connectivity index (χ0) is 28.8. The van der Waals surface area contributed by atoms with E-state index in [-0.39, 0.29) is 39.0 Å². The lowest BCUT2D eigenvalue weighted by molar-refractivity contribution is -0.137. The van der Waals surface area contributed by atoms with Crippen LogP contribution in [0.15, 0.2) is 67.0 Å². The number of nitriles is 1. The van der Waals surface area contributed by atoms with Crippen LogP contribution >= 0.6 is 11.6 Å². The summed E-state index contributed by atoms with van der Waals surface area (Å²) in [6, 6.07) is 10.2. The molecule has 0 bridgehead atoms. The van der Waals surface area contributed by atoms with Crippen molar-refractivity contribution in [2.45, 2.75) is 12.2 Å². The fraction of sp³-hybridized carbons (Fsp3) is 0.0714. The Kier molecular flexibility index (Phi) is 6.73. The predicted octanol–water partition coefficient (Wildman–Crippen LogP) is 6.66. The van der Waals surface area contributed by atoms with E-state index in [1.54, 1.807) is 0 Å². The van der Waals surface area contributed by atoms with Crippen molar-refractivity contribution in [3.8, 4) is 17.2 Å². The van der Waals surface area contributed by atoms with Crippen molar-refractivity contribution in [2.75, 3.05) is 5.32 Å². The number of carbonyl (C=O) groups is 2. The SMILES string of the molecule is N#Cc1cnccc1-c1cc(NC(=O)c2cc(F)cc(C(F)(F)F)c2)c2c(c1)C(=O)N[C@@H]2c1cc(F)ccc1Cl. The van der Waals surface area contributed by atoms with Gasteiger partial charge in [0.05, 0.1) is 17.2 Å². The van der Waals surface area contributed by atoms with Crippen LogP contribution in [0.1, 0.15) is 49.0 Å². The van der Waals surface area contributed by atoms with E-state index in [0.717, 1.165) is 12.1 Å². The standard InChI is InChI=1S/C28H14ClF5N4O2/c29-22-2-1-17(30)10-20(22)25-24-21(27(40)38-25)7-13(19-3-4-36-12-15(19)11-35)8-23(24)37-26(39)14-5-16(28(32,33)34)9-18(31)6-14/h1-10,12,25H,(H,37,39)(H,38,40)/t25-/m1/s1. The lowest BCUT2D eigenvalue weighted by atomic mass is 9.92. The highest BCUT2D eigenvalue weighted by Gasteiger charge is 2.36. The molecule has 12 heteroatoms. The lowest BCUT2D eigenvalue weighted by Crippen LogP contribution is -2.21. The minimum absolute atomic E-state index is 0.0362. The van der Waals surface area contributed by atoms with Crippen molar-refractivity contribution in [2.24, 2.45) is 0 Å². The van der Waals surface area contributed by atoms with Crippen LogP contribution in [-0.2, 0) is 6.18 Å². The van der Waals surface area contributed by atoms with Crippen LogP contribution in [0.25, 0.3) is 11.1 Å². The van der Waals surface area contributed by atoms with Gasteiger partial charge in [0, 0.05) is 50.9 Å². The first-order valence-corrected chi connectivity index (χ1v) is 11.8. The molecule has 6 nitrogen and oxygen atoms in total. The minimum atomic E-state index is -4.91. The Balaban J connectivity index is 1.69. The number of carbonyl (C=O) groups excluding carboxylic acids is 2. The van der Waals surface area contributed by atoms with Crippen LogP contribution in [0.5, 0.6) is 0 Å². The summed E-state index contributed by atoms with van der Waals surface area (Å²) in [5.74, 6) is -3.66. The molecule has 0 aliphatic carbocycles. The van der Waals surface area contributed by atoms with Gasteiger partial charge >= 0.3 is 6.18 Å². The molecule has 0 unspecified atom stereocenters. The van der Waals surface area contributed by atoms with Crippen molar-refractivity contribution >= 4 is 29.1 Å². The number of amides is 2. The third kappa shape index (κ3) is 4.97. The number of alkyl halides is 3. The number of nitrogens with zero attached hydrogens (tertiary/aromatic N) is 2. The Morgan fingerprint density at radius 2 is 1.80 bits per heavy atom. The Bertz CT molecular complexity index is 1750. The number of benzene rings is 3. The molecule has 0 fully saturated rings. The second kappa shape index (κ2) is 10.1. The van der Waals surface area contributed by atoms with E-state index >= 15 is 0 Å². The number of rotatable bonds is 4. The highest BCUT2D eigenvalue weighted by Crippen LogP contribution is 2.42. The lowest BCUT2D eigenvalue weighted by Gasteiger charge is -2.19. The number of pyridine rings is 1. The van der Waals surface area contributed by atoms with Gasteiger partial charge < -0.3 is 10.6 Å². The van der Waals surface area contributed by atoms with Crippen LogP contribution < -0.4 is 10.6 Å². The van der Waals surface area contributed by atoms with Crippen LogP contribution in [0.2, 0.25) is 5.02 Å². The quantitative estimate of drug-likeness (QED) is 0.269. The maximum absolute atomic E-state index is 14.1. The smallest absolute Gasteiger partial charge is 0.341 e. The van der Waals surface area contributed by atoms with Crippen molar-refractivity contribution < 1.29 is 31.5 Å². The van der Waals surface area contributed by atoms with Crippen LogP contribution in [0.4, 0.5) is 27.6 Å². The van der Waals surface area contributed by atoms with Crippen molar-refractivity contribution in [1.82, 2.24) is 10.3 Å². The average molecular weight is 569 g/mol. The molecular weight excluding hydrogens is 555 g/mol. The minimum Gasteiger partial charge on any atom is -0.341 e. The molecular formula is C28H14ClF5N4O2. The molecule has 2 heterocycles. The molecule has 200 valence electrons. The van der Waals surface area contributed by atoms with Gasteiger partial charge in [-0.3, -0.25) is 14.6 Å². The molecule has 40 heavy (non-hydrogen) atoms. The van der Waals surface area contributed by atoms with E-state index in [0.29, 0.717) is 23.3 Å². The Morgan fingerprint density at radius 3 is 2.52 bits per heavy atom. The maximum Gasteiger partial charge on any atom is 0.416 e. The molecule has 2 amide bonds. The Labute approximate surface area is 228 Å². The molecule has 0 spiro atoms. The van der Waals surface area contributed by atoms with Gasteiger partial charge in [0.2, 0.25) is 0 Å². The highest BCUT2D eigenvalue weighted by atomic mass is 35.5. The predicted molar refractivity (Wildman–Crippen MR) is 134 cm³/mol. The summed E-state index contributed by atoms with van der Waals surface area (Å²) >= 11 is 6.29. The number of hydrogen-bond acceptors (Lipinski definition) is 4. The summed E-state index contributed by atoms with van der Waals surface area (Å²) in [7, 11) is 0. The van der Waals surface area contributed by atoms with Gasteiger partial charge in [-0.25, -0.2) is 8.78 Å². The number of halogens is 6. The van der Waals surface area contributed by atoms with E-state index in [1.807, 2.05) is 6.07 Å². The van der Waals surface area contributed by atoms with E-state index in [1.165, 1.54) is 36.7 Å². The van der Waals surface area contributed by atoms with Crippen LogP contribution in [0, 0.1) is 23.0 Å². The van der Waals surface area contributed by atoms with E-state index in [4.69, 9.17) is 11.6 Å². The average Bonchev–Trinajstić information content (AvgIpc) is 3.25. The first kappa shape index (κ1) is 26.8. The summed E-state index contributed by atoms with van der Waals surface area (Å²) in [6.45, 7) is 0. The topological polar surface area (TPSA) is 94.9 Å². The first-order chi connectivity index (χ1) is 19.0. The summed E-state index contributed by atoms with van der Waals surface area (Å²) in [6.07, 6.45) is -2.22. The molecule has 0 saturated heterocycles. The summed E-state index contributed by atoms with van der Waals surface area (Å²) in [5.41, 5.74) is -0.931. The van der Waals surface area contributed by atoms with E-state index in [2.05, 4.69) is 15.6 Å². The highest BCUT2D eigenvalue weighted by molar-refractivity contribution is 6.31. The molecule has 1 atom stereocenters. The van der Waals surface area contributed by atoms with Crippen molar-refractivity contribution in [3.05, 3.63) is 117 Å². The number of anilines is 1. The summed E-state index contributed by atoms with van der Waals surface area (Å²) in [4.78, 5) is 30.1. The van der Waals surface area contributed by atoms with Crippen molar-refractivity contribution in [3.63, 3.8) is 0 Å². The third-order valence-corrected chi connectivity index (χ3v) is 6.59. The van der Waals surface area contributed by atoms with Gasteiger partial charge in [0.15, 0.2) is 0 Å². The Morgan fingerprint density at radius 1 is 1.02 bits per heavy atom. The largest absolute Gasteiger partial charge is 0.416 e. The molecule has 1 aliphatic heterocycles. The number of nitrogens with one attached hydrogen (secondary N) is 2. The molecule has 3 aromatic carbocycles. The van der Waals surface area contributed by atoms with Crippen LogP contribution in [0.3, 0.4) is 0 Å². The monoisotopic (exact) mass is 568 g/mol. The zero-order valence-corrected chi connectivity index (χ0v) is 20.7. The summed E-state index contributed by atoms with van der Waals surface area (Å²) in [5, 5.41) is 14.8. The molecule has 1 aliphatic rings. The fourth-order valence-electron chi connectivity index (χ4n) is 4.48. The normalized spacial score (nSPS) is 14.3. The summed E-state index contributed by atoms with van der Waals surface area (Å²) < 4.78 is 68.0. The Hall–Kier alpha value is -4.82. The molecule has 0 radical (unpaired) electrons. The van der Waals surface area contributed by atoms with Gasteiger partial charge in [-0.05, 0) is 60.2 Å². The molecule has 5 rings (SSSR count). The molecule has 1 aromatic heterocycles.